The fraction of sp³-hybridized carbons (Fsp3) is 0.273. The lowest BCUT2D eigenvalue weighted by atomic mass is 10.1. The highest BCUT2D eigenvalue weighted by molar-refractivity contribution is 8.00. The first-order valence-electron chi connectivity index (χ1n) is 8.98. The van der Waals surface area contributed by atoms with Gasteiger partial charge in [-0.1, -0.05) is 36.9 Å². The zero-order valence-electron chi connectivity index (χ0n) is 16.1. The number of fused-ring (bicyclic) bond motifs is 1. The minimum absolute atomic E-state index is 0.0175. The summed E-state index contributed by atoms with van der Waals surface area (Å²) in [6.45, 7) is 6.11. The molecule has 0 bridgehead atoms. The number of pyridine rings is 1. The molecular weight excluding hydrogens is 356 g/mol. The zero-order chi connectivity index (χ0) is 19.4. The van der Waals surface area contributed by atoms with E-state index in [2.05, 4.69) is 18.3 Å². The van der Waals surface area contributed by atoms with Crippen LogP contribution in [0.3, 0.4) is 0 Å². The Morgan fingerprint density at radius 2 is 1.89 bits per heavy atom. The molecule has 4 nitrogen and oxygen atoms in total. The van der Waals surface area contributed by atoms with Crippen molar-refractivity contribution in [1.29, 1.82) is 0 Å². The third-order valence-electron chi connectivity index (χ3n) is 4.53. The number of hydrogen-bond donors (Lipinski definition) is 1. The summed E-state index contributed by atoms with van der Waals surface area (Å²) in [5.41, 5.74) is 5.09. The van der Waals surface area contributed by atoms with E-state index in [-0.39, 0.29) is 5.91 Å². The average Bonchev–Trinajstić information content (AvgIpc) is 2.68. The molecular formula is C22H24N2O2S. The van der Waals surface area contributed by atoms with E-state index in [4.69, 9.17) is 9.72 Å². The number of carbonyl (C=O) groups excluding carboxylic acids is 1. The van der Waals surface area contributed by atoms with Crippen molar-refractivity contribution in [3.05, 3.63) is 59.2 Å². The highest BCUT2D eigenvalue weighted by Gasteiger charge is 2.12. The second-order valence-electron chi connectivity index (χ2n) is 6.47. The number of para-hydroxylation sites is 1. The number of methoxy groups -OCH3 is 1. The second-order valence-corrected chi connectivity index (χ2v) is 7.43. The fourth-order valence-corrected chi connectivity index (χ4v) is 3.90. The van der Waals surface area contributed by atoms with Gasteiger partial charge in [-0.2, -0.15) is 0 Å². The van der Waals surface area contributed by atoms with Gasteiger partial charge in [0.15, 0.2) is 0 Å². The topological polar surface area (TPSA) is 51.2 Å². The van der Waals surface area contributed by atoms with Crippen LogP contribution >= 0.6 is 11.8 Å². The fourth-order valence-electron chi connectivity index (χ4n) is 3.01. The standard InChI is InChI=1S/C22H24N2O2S/c1-5-16-11-17-12-18(26-4)9-10-19(17)23-22(16)27-13-20(25)24-21-14(2)7-6-8-15(21)3/h6-12H,5,13H2,1-4H3,(H,24,25). The van der Waals surface area contributed by atoms with E-state index in [1.807, 2.05) is 50.2 Å². The maximum Gasteiger partial charge on any atom is 0.234 e. The molecule has 0 spiro atoms. The molecule has 0 saturated heterocycles. The maximum absolute atomic E-state index is 12.5. The van der Waals surface area contributed by atoms with E-state index in [0.717, 1.165) is 50.5 Å². The van der Waals surface area contributed by atoms with Crippen LogP contribution in [0.25, 0.3) is 10.9 Å². The van der Waals surface area contributed by atoms with Gasteiger partial charge in [0.25, 0.3) is 0 Å². The molecule has 27 heavy (non-hydrogen) atoms. The molecule has 0 fully saturated rings. The van der Waals surface area contributed by atoms with Crippen molar-refractivity contribution < 1.29 is 9.53 Å². The summed E-state index contributed by atoms with van der Waals surface area (Å²) in [5.74, 6) is 1.13. The Morgan fingerprint density at radius 1 is 1.15 bits per heavy atom. The third-order valence-corrected chi connectivity index (χ3v) is 5.56. The van der Waals surface area contributed by atoms with Crippen molar-refractivity contribution in [3.63, 3.8) is 0 Å². The van der Waals surface area contributed by atoms with Crippen LogP contribution in [0.4, 0.5) is 5.69 Å². The van der Waals surface area contributed by atoms with Crippen molar-refractivity contribution in [3.8, 4) is 5.75 Å². The first kappa shape index (κ1) is 19.2. The number of nitrogens with one attached hydrogen (secondary N) is 1. The molecule has 1 aromatic heterocycles. The average molecular weight is 381 g/mol. The van der Waals surface area contributed by atoms with Gasteiger partial charge in [0, 0.05) is 11.1 Å². The van der Waals surface area contributed by atoms with Gasteiger partial charge in [0.2, 0.25) is 5.91 Å². The number of anilines is 1. The van der Waals surface area contributed by atoms with E-state index in [1.165, 1.54) is 11.8 Å². The molecule has 0 aliphatic rings. The van der Waals surface area contributed by atoms with Gasteiger partial charge in [-0.15, -0.1) is 0 Å². The van der Waals surface area contributed by atoms with E-state index in [9.17, 15) is 4.79 Å². The predicted octanol–water partition coefficient (Wildman–Crippen LogP) is 5.15. The molecule has 5 heteroatoms. The number of carbonyl (C=O) groups is 1. The Morgan fingerprint density at radius 3 is 2.56 bits per heavy atom. The molecule has 2 aromatic carbocycles. The van der Waals surface area contributed by atoms with Gasteiger partial charge in [0.05, 0.1) is 18.4 Å². The zero-order valence-corrected chi connectivity index (χ0v) is 16.9. The van der Waals surface area contributed by atoms with Crippen molar-refractivity contribution >= 4 is 34.3 Å². The number of aryl methyl sites for hydroxylation is 3. The SMILES string of the molecule is CCc1cc2cc(OC)ccc2nc1SCC(=O)Nc1c(C)cccc1C. The summed E-state index contributed by atoms with van der Waals surface area (Å²) < 4.78 is 5.29. The highest BCUT2D eigenvalue weighted by Crippen LogP contribution is 2.28. The van der Waals surface area contributed by atoms with Gasteiger partial charge in [-0.05, 0) is 61.2 Å². The van der Waals surface area contributed by atoms with Gasteiger partial charge in [-0.3, -0.25) is 4.79 Å². The van der Waals surface area contributed by atoms with Crippen molar-refractivity contribution in [2.75, 3.05) is 18.2 Å². The summed E-state index contributed by atoms with van der Waals surface area (Å²) in [5, 5.41) is 4.99. The van der Waals surface area contributed by atoms with Crippen molar-refractivity contribution in [1.82, 2.24) is 4.98 Å². The minimum Gasteiger partial charge on any atom is -0.497 e. The molecule has 3 rings (SSSR count). The Balaban J connectivity index is 1.76. The van der Waals surface area contributed by atoms with E-state index < -0.39 is 0 Å². The maximum atomic E-state index is 12.5. The number of aromatic nitrogens is 1. The number of thioether (sulfide) groups is 1. The number of rotatable bonds is 6. The number of benzene rings is 2. The summed E-state index contributed by atoms with van der Waals surface area (Å²) in [6, 6.07) is 14.0. The summed E-state index contributed by atoms with van der Waals surface area (Å²) in [6.07, 6.45) is 0.862. The van der Waals surface area contributed by atoms with Crippen LogP contribution in [0.5, 0.6) is 5.75 Å². The first-order chi connectivity index (χ1) is 13.0. The normalized spacial score (nSPS) is 10.8. The summed E-state index contributed by atoms with van der Waals surface area (Å²) in [7, 11) is 1.66. The van der Waals surface area contributed by atoms with Crippen LogP contribution < -0.4 is 10.1 Å². The molecule has 3 aromatic rings. The quantitative estimate of drug-likeness (QED) is 0.601. The largest absolute Gasteiger partial charge is 0.497 e. The molecule has 140 valence electrons. The monoisotopic (exact) mass is 380 g/mol. The van der Waals surface area contributed by atoms with E-state index in [1.54, 1.807) is 7.11 Å². The van der Waals surface area contributed by atoms with Gasteiger partial charge in [-0.25, -0.2) is 4.98 Å². The van der Waals surface area contributed by atoms with Gasteiger partial charge < -0.3 is 10.1 Å². The Hall–Kier alpha value is -2.53. The van der Waals surface area contributed by atoms with Crippen LogP contribution in [0, 0.1) is 13.8 Å². The van der Waals surface area contributed by atoms with Crippen molar-refractivity contribution in [2.45, 2.75) is 32.2 Å². The van der Waals surface area contributed by atoms with Crippen LogP contribution in [0.1, 0.15) is 23.6 Å². The lowest BCUT2D eigenvalue weighted by Crippen LogP contribution is -2.16. The molecule has 1 N–H and O–H groups in total. The molecule has 0 aliphatic carbocycles. The molecule has 0 saturated carbocycles. The van der Waals surface area contributed by atoms with Gasteiger partial charge in [0.1, 0.15) is 10.8 Å². The summed E-state index contributed by atoms with van der Waals surface area (Å²) in [4.78, 5) is 17.2. The Kier molecular flexibility index (Phi) is 6.01. The molecule has 1 heterocycles. The Labute approximate surface area is 164 Å². The van der Waals surface area contributed by atoms with E-state index >= 15 is 0 Å². The van der Waals surface area contributed by atoms with Crippen LogP contribution in [-0.4, -0.2) is 23.8 Å². The number of hydrogen-bond acceptors (Lipinski definition) is 4. The van der Waals surface area contributed by atoms with Crippen molar-refractivity contribution in [2.24, 2.45) is 0 Å². The summed E-state index contributed by atoms with van der Waals surface area (Å²) >= 11 is 1.48. The second kappa shape index (κ2) is 8.44. The van der Waals surface area contributed by atoms with Gasteiger partial charge >= 0.3 is 0 Å². The third kappa shape index (κ3) is 4.42. The highest BCUT2D eigenvalue weighted by atomic mass is 32.2. The molecule has 1 amide bonds. The van der Waals surface area contributed by atoms with Crippen LogP contribution in [0.15, 0.2) is 47.5 Å². The number of nitrogens with zero attached hydrogens (tertiary/aromatic N) is 1. The molecule has 0 aliphatic heterocycles. The van der Waals surface area contributed by atoms with E-state index in [0.29, 0.717) is 5.75 Å². The molecule has 0 radical (unpaired) electrons. The molecule has 0 atom stereocenters. The number of amides is 1. The Bertz CT molecular complexity index is 965. The molecule has 0 unspecified atom stereocenters. The first-order valence-corrected chi connectivity index (χ1v) is 9.97. The minimum atomic E-state index is -0.0175. The number of ether oxygens (including phenoxy) is 1. The lowest BCUT2D eigenvalue weighted by molar-refractivity contribution is -0.113. The van der Waals surface area contributed by atoms with Crippen LogP contribution in [0.2, 0.25) is 0 Å². The predicted molar refractivity (Wildman–Crippen MR) is 113 cm³/mol. The lowest BCUT2D eigenvalue weighted by Gasteiger charge is -2.12. The smallest absolute Gasteiger partial charge is 0.234 e. The van der Waals surface area contributed by atoms with Crippen LogP contribution in [-0.2, 0) is 11.2 Å².